The van der Waals surface area contributed by atoms with Gasteiger partial charge in [0, 0.05) is 19.1 Å². The summed E-state index contributed by atoms with van der Waals surface area (Å²) in [6.45, 7) is 5.66. The third-order valence-corrected chi connectivity index (χ3v) is 6.34. The van der Waals surface area contributed by atoms with Gasteiger partial charge in [0.15, 0.2) is 6.29 Å². The quantitative estimate of drug-likeness (QED) is 0.323. The summed E-state index contributed by atoms with van der Waals surface area (Å²) in [5.41, 5.74) is 0. The Balaban J connectivity index is 1.30. The molecule has 2 bridgehead atoms. The molecule has 0 N–H and O–H groups in total. The van der Waals surface area contributed by atoms with Crippen LogP contribution in [0, 0.1) is 11.8 Å². The summed E-state index contributed by atoms with van der Waals surface area (Å²) in [5.74, 6) is 1.23. The van der Waals surface area contributed by atoms with E-state index in [9.17, 15) is 0 Å². The van der Waals surface area contributed by atoms with Crippen molar-refractivity contribution in [2.24, 2.45) is 11.8 Å². The lowest BCUT2D eigenvalue weighted by Crippen LogP contribution is -2.30. The van der Waals surface area contributed by atoms with Gasteiger partial charge in [-0.1, -0.05) is 38.3 Å². The van der Waals surface area contributed by atoms with Crippen LogP contribution in [0.15, 0.2) is 12.2 Å². The van der Waals surface area contributed by atoms with Crippen molar-refractivity contribution >= 4 is 0 Å². The molecular formula is C23H40O4. The highest BCUT2D eigenvalue weighted by molar-refractivity contribution is 4.99. The molecule has 4 nitrogen and oxygen atoms in total. The van der Waals surface area contributed by atoms with Gasteiger partial charge in [-0.2, -0.15) is 0 Å². The number of hydrogen-bond donors (Lipinski definition) is 0. The Morgan fingerprint density at radius 3 is 2.63 bits per heavy atom. The molecule has 0 spiro atoms. The second-order valence-electron chi connectivity index (χ2n) is 8.42. The first-order chi connectivity index (χ1) is 13.4. The van der Waals surface area contributed by atoms with Gasteiger partial charge in [0.2, 0.25) is 0 Å². The van der Waals surface area contributed by atoms with Crippen LogP contribution < -0.4 is 0 Å². The van der Waals surface area contributed by atoms with Gasteiger partial charge < -0.3 is 18.9 Å². The molecule has 0 radical (unpaired) electrons. The van der Waals surface area contributed by atoms with Crippen molar-refractivity contribution in [3.05, 3.63) is 12.2 Å². The summed E-state index contributed by atoms with van der Waals surface area (Å²) < 4.78 is 23.6. The normalized spacial score (nSPS) is 33.3. The maximum absolute atomic E-state index is 6.20. The molecule has 0 aromatic carbocycles. The van der Waals surface area contributed by atoms with Crippen LogP contribution in [0.3, 0.4) is 0 Å². The summed E-state index contributed by atoms with van der Waals surface area (Å²) in [6.07, 6.45) is 18.7. The topological polar surface area (TPSA) is 36.9 Å². The average molecular weight is 381 g/mol. The zero-order valence-electron chi connectivity index (χ0n) is 17.3. The van der Waals surface area contributed by atoms with E-state index >= 15 is 0 Å². The minimum atomic E-state index is 0.0324. The van der Waals surface area contributed by atoms with Crippen molar-refractivity contribution in [3.63, 3.8) is 0 Å². The van der Waals surface area contributed by atoms with Gasteiger partial charge in [-0.05, 0) is 57.3 Å². The number of fused-ring (bicyclic) bond motifs is 2. The molecule has 0 aromatic heterocycles. The van der Waals surface area contributed by atoms with Gasteiger partial charge >= 0.3 is 0 Å². The molecule has 0 aliphatic carbocycles. The third-order valence-electron chi connectivity index (χ3n) is 6.34. The molecule has 3 saturated heterocycles. The van der Waals surface area contributed by atoms with E-state index in [4.69, 9.17) is 18.9 Å². The van der Waals surface area contributed by atoms with Gasteiger partial charge in [-0.25, -0.2) is 0 Å². The van der Waals surface area contributed by atoms with Crippen LogP contribution >= 0.6 is 0 Å². The zero-order valence-corrected chi connectivity index (χ0v) is 17.3. The van der Waals surface area contributed by atoms with Crippen LogP contribution in [-0.4, -0.2) is 44.9 Å². The Hall–Kier alpha value is -0.420. The van der Waals surface area contributed by atoms with E-state index in [1.54, 1.807) is 0 Å². The molecular weight excluding hydrogens is 340 g/mol. The van der Waals surface area contributed by atoms with Gasteiger partial charge in [0.05, 0.1) is 25.4 Å². The molecule has 156 valence electrons. The SMILES string of the molecule is CCCCCCOC[C@H]1C(C/C=C\CCO[C@H]2CCCCO2)[C@H]2CC[C@@H]1O2. The molecule has 4 heteroatoms. The Morgan fingerprint density at radius 2 is 1.81 bits per heavy atom. The first-order valence-corrected chi connectivity index (χ1v) is 11.5. The monoisotopic (exact) mass is 380 g/mol. The number of hydrogen-bond acceptors (Lipinski definition) is 4. The van der Waals surface area contributed by atoms with Crippen molar-refractivity contribution in [1.82, 2.24) is 0 Å². The van der Waals surface area contributed by atoms with Gasteiger partial charge in [-0.15, -0.1) is 0 Å². The predicted molar refractivity (Wildman–Crippen MR) is 108 cm³/mol. The molecule has 5 atom stereocenters. The highest BCUT2D eigenvalue weighted by Gasteiger charge is 2.48. The maximum Gasteiger partial charge on any atom is 0.157 e. The Labute approximate surface area is 166 Å². The zero-order chi connectivity index (χ0) is 18.7. The fourth-order valence-corrected chi connectivity index (χ4v) is 4.76. The van der Waals surface area contributed by atoms with Crippen molar-refractivity contribution in [1.29, 1.82) is 0 Å². The smallest absolute Gasteiger partial charge is 0.157 e. The first-order valence-electron chi connectivity index (χ1n) is 11.5. The van der Waals surface area contributed by atoms with E-state index in [0.29, 0.717) is 24.0 Å². The van der Waals surface area contributed by atoms with Crippen molar-refractivity contribution in [2.75, 3.05) is 26.4 Å². The number of rotatable bonds is 13. The molecule has 3 fully saturated rings. The molecule has 0 amide bonds. The first kappa shape index (κ1) is 21.3. The molecule has 0 saturated carbocycles. The fraction of sp³-hybridized carbons (Fsp3) is 0.913. The molecule has 3 rings (SSSR count). The highest BCUT2D eigenvalue weighted by Crippen LogP contribution is 2.45. The molecule has 0 aromatic rings. The summed E-state index contributed by atoms with van der Waals surface area (Å²) in [7, 11) is 0. The lowest BCUT2D eigenvalue weighted by Gasteiger charge is -2.27. The van der Waals surface area contributed by atoms with E-state index in [-0.39, 0.29) is 6.29 Å². The lowest BCUT2D eigenvalue weighted by molar-refractivity contribution is -0.161. The second kappa shape index (κ2) is 12.2. The van der Waals surface area contributed by atoms with Crippen molar-refractivity contribution < 1.29 is 18.9 Å². The summed E-state index contributed by atoms with van der Waals surface area (Å²) in [6, 6.07) is 0. The average Bonchev–Trinajstić information content (AvgIpc) is 3.30. The summed E-state index contributed by atoms with van der Waals surface area (Å²) in [5, 5.41) is 0. The standard InChI is InChI=1S/C23H40O4/c1-2-3-4-8-15-24-18-20-19(21-13-14-22(20)27-21)11-6-5-9-16-25-23-12-7-10-17-26-23/h5-6,19-23H,2-4,7-18H2,1H3/b6-5-/t19?,20-,21+,22-,23+/m0/s1. The number of unbranched alkanes of at least 4 members (excludes halogenated alkanes) is 3. The maximum atomic E-state index is 6.20. The molecule has 27 heavy (non-hydrogen) atoms. The van der Waals surface area contributed by atoms with Crippen LogP contribution in [0.25, 0.3) is 0 Å². The third kappa shape index (κ3) is 6.85. The predicted octanol–water partition coefficient (Wildman–Crippen LogP) is 5.26. The lowest BCUT2D eigenvalue weighted by atomic mass is 9.78. The Bertz CT molecular complexity index is 419. The van der Waals surface area contributed by atoms with Crippen LogP contribution in [0.2, 0.25) is 0 Å². The van der Waals surface area contributed by atoms with Gasteiger partial charge in [0.25, 0.3) is 0 Å². The van der Waals surface area contributed by atoms with E-state index in [2.05, 4.69) is 19.1 Å². The summed E-state index contributed by atoms with van der Waals surface area (Å²) >= 11 is 0. The summed E-state index contributed by atoms with van der Waals surface area (Å²) in [4.78, 5) is 0. The second-order valence-corrected chi connectivity index (χ2v) is 8.42. The molecule has 3 aliphatic rings. The number of allylic oxidation sites excluding steroid dienone is 1. The van der Waals surface area contributed by atoms with E-state index in [0.717, 1.165) is 45.7 Å². The molecule has 1 unspecified atom stereocenters. The fourth-order valence-electron chi connectivity index (χ4n) is 4.76. The largest absolute Gasteiger partial charge is 0.381 e. The minimum absolute atomic E-state index is 0.0324. The number of ether oxygens (including phenoxy) is 4. The van der Waals surface area contributed by atoms with Crippen molar-refractivity contribution in [2.45, 2.75) is 96.1 Å². The van der Waals surface area contributed by atoms with Gasteiger partial charge in [0.1, 0.15) is 0 Å². The van der Waals surface area contributed by atoms with Crippen LogP contribution in [-0.2, 0) is 18.9 Å². The molecule has 3 heterocycles. The van der Waals surface area contributed by atoms with Crippen LogP contribution in [0.5, 0.6) is 0 Å². The molecule has 3 aliphatic heterocycles. The van der Waals surface area contributed by atoms with Crippen LogP contribution in [0.4, 0.5) is 0 Å². The van der Waals surface area contributed by atoms with E-state index in [1.807, 2.05) is 0 Å². The Kier molecular flexibility index (Phi) is 9.63. The van der Waals surface area contributed by atoms with Gasteiger partial charge in [-0.3, -0.25) is 0 Å². The minimum Gasteiger partial charge on any atom is -0.381 e. The van der Waals surface area contributed by atoms with E-state index < -0.39 is 0 Å². The van der Waals surface area contributed by atoms with Crippen LogP contribution in [0.1, 0.15) is 77.6 Å². The van der Waals surface area contributed by atoms with E-state index in [1.165, 1.54) is 51.4 Å². The highest BCUT2D eigenvalue weighted by atomic mass is 16.7. The Morgan fingerprint density at radius 1 is 0.926 bits per heavy atom. The van der Waals surface area contributed by atoms with Crippen molar-refractivity contribution in [3.8, 4) is 0 Å².